The van der Waals surface area contributed by atoms with E-state index >= 15 is 0 Å². The molecule has 2 fully saturated rings. The van der Waals surface area contributed by atoms with Crippen LogP contribution in [0.25, 0.3) is 0 Å². The van der Waals surface area contributed by atoms with Crippen LogP contribution in [0.4, 0.5) is 0 Å². The van der Waals surface area contributed by atoms with Gasteiger partial charge in [-0.2, -0.15) is 0 Å². The van der Waals surface area contributed by atoms with Crippen LogP contribution in [0.5, 0.6) is 5.75 Å². The summed E-state index contributed by atoms with van der Waals surface area (Å²) in [7, 11) is 0. The molecule has 25 heavy (non-hydrogen) atoms. The lowest BCUT2D eigenvalue weighted by Crippen LogP contribution is -2.56. The molecular formula is C19H30ClN3O2. The van der Waals surface area contributed by atoms with Gasteiger partial charge in [-0.15, -0.1) is 0 Å². The summed E-state index contributed by atoms with van der Waals surface area (Å²) < 4.78 is 5.90. The van der Waals surface area contributed by atoms with Crippen molar-refractivity contribution in [1.82, 2.24) is 15.1 Å². The van der Waals surface area contributed by atoms with E-state index < -0.39 is 5.60 Å². The molecular weight excluding hydrogens is 338 g/mol. The fourth-order valence-electron chi connectivity index (χ4n) is 3.73. The van der Waals surface area contributed by atoms with E-state index in [-0.39, 0.29) is 0 Å². The first-order valence-electron chi connectivity index (χ1n) is 9.31. The number of β-amino-alcohol motifs (C(OH)–C–C–N with tert-alkyl or cyclic N) is 1. The first kappa shape index (κ1) is 18.9. The van der Waals surface area contributed by atoms with Crippen LogP contribution in [-0.2, 0) is 0 Å². The van der Waals surface area contributed by atoms with E-state index in [1.54, 1.807) is 0 Å². The van der Waals surface area contributed by atoms with Crippen LogP contribution in [0.3, 0.4) is 0 Å². The van der Waals surface area contributed by atoms with Gasteiger partial charge in [0.15, 0.2) is 0 Å². The Kier molecular flexibility index (Phi) is 6.58. The number of rotatable bonds is 6. The topological polar surface area (TPSA) is 48.0 Å². The van der Waals surface area contributed by atoms with E-state index in [0.29, 0.717) is 6.61 Å². The quantitative estimate of drug-likeness (QED) is 0.802. The molecule has 3 rings (SSSR count). The summed E-state index contributed by atoms with van der Waals surface area (Å²) in [5.41, 5.74) is 0.530. The number of benzene rings is 1. The fourth-order valence-corrected chi connectivity index (χ4v) is 3.96. The number of hydrogen-bond donors (Lipinski definition) is 2. The summed E-state index contributed by atoms with van der Waals surface area (Å²) in [4.78, 5) is 4.83. The van der Waals surface area contributed by atoms with E-state index in [2.05, 4.69) is 15.1 Å². The number of hydrogen-bond acceptors (Lipinski definition) is 5. The highest BCUT2D eigenvalue weighted by Crippen LogP contribution is 2.22. The van der Waals surface area contributed by atoms with E-state index in [9.17, 15) is 5.11 Å². The van der Waals surface area contributed by atoms with Crippen molar-refractivity contribution in [2.24, 2.45) is 0 Å². The minimum atomic E-state index is -0.546. The van der Waals surface area contributed by atoms with Gasteiger partial charge in [0, 0.05) is 50.8 Å². The lowest BCUT2D eigenvalue weighted by Gasteiger charge is -2.41. The number of aryl methyl sites for hydroxylation is 1. The Hall–Kier alpha value is -0.850. The number of nitrogens with one attached hydrogen (secondary N) is 1. The maximum absolute atomic E-state index is 10.7. The molecule has 1 atom stereocenters. The number of piperazine rings is 1. The van der Waals surface area contributed by atoms with Crippen LogP contribution < -0.4 is 10.1 Å². The predicted molar refractivity (Wildman–Crippen MR) is 102 cm³/mol. The standard InChI is InChI=1S/C19H30ClN3O2/c1-16-13-17(20)3-4-18(16)25-12-11-22-7-9-23(10-8-22)15-19(24)5-2-6-21-14-19/h3-4,13,21,24H,2,5-12,14-15H2,1H3/t19-/m1/s1. The normalized spacial score (nSPS) is 25.9. The average Bonchev–Trinajstić information content (AvgIpc) is 2.59. The molecule has 0 saturated carbocycles. The van der Waals surface area contributed by atoms with Crippen molar-refractivity contribution in [3.63, 3.8) is 0 Å². The Balaban J connectivity index is 1.36. The van der Waals surface area contributed by atoms with Crippen molar-refractivity contribution in [3.05, 3.63) is 28.8 Å². The Morgan fingerprint density at radius 1 is 1.24 bits per heavy atom. The van der Waals surface area contributed by atoms with Gasteiger partial charge in [0.25, 0.3) is 0 Å². The predicted octanol–water partition coefficient (Wildman–Crippen LogP) is 1.76. The molecule has 1 aromatic carbocycles. The molecule has 0 radical (unpaired) electrons. The summed E-state index contributed by atoms with van der Waals surface area (Å²) in [6, 6.07) is 5.74. The molecule has 1 aromatic rings. The number of aliphatic hydroxyl groups is 1. The van der Waals surface area contributed by atoms with Crippen LogP contribution in [0.2, 0.25) is 5.02 Å². The number of piperidine rings is 1. The summed E-state index contributed by atoms with van der Waals surface area (Å²) >= 11 is 5.98. The molecule has 0 amide bonds. The molecule has 0 aromatic heterocycles. The highest BCUT2D eigenvalue weighted by atomic mass is 35.5. The molecule has 0 bridgehead atoms. The van der Waals surface area contributed by atoms with Crippen LogP contribution >= 0.6 is 11.6 Å². The maximum atomic E-state index is 10.7. The molecule has 2 heterocycles. The third-order valence-electron chi connectivity index (χ3n) is 5.23. The highest BCUT2D eigenvalue weighted by Gasteiger charge is 2.32. The van der Waals surface area contributed by atoms with Crippen molar-refractivity contribution in [3.8, 4) is 5.75 Å². The summed E-state index contributed by atoms with van der Waals surface area (Å²) in [6.45, 7) is 10.3. The number of halogens is 1. The van der Waals surface area contributed by atoms with Crippen molar-refractivity contribution in [2.45, 2.75) is 25.4 Å². The molecule has 0 unspecified atom stereocenters. The van der Waals surface area contributed by atoms with Gasteiger partial charge in [0.2, 0.25) is 0 Å². The van der Waals surface area contributed by atoms with E-state index in [4.69, 9.17) is 16.3 Å². The van der Waals surface area contributed by atoms with Crippen LogP contribution in [-0.4, -0.2) is 79.5 Å². The van der Waals surface area contributed by atoms with Crippen LogP contribution in [0.15, 0.2) is 18.2 Å². The Bertz CT molecular complexity index is 556. The van der Waals surface area contributed by atoms with Gasteiger partial charge in [-0.1, -0.05) is 11.6 Å². The van der Waals surface area contributed by atoms with Crippen molar-refractivity contribution < 1.29 is 9.84 Å². The monoisotopic (exact) mass is 367 g/mol. The molecule has 2 aliphatic heterocycles. The molecule has 6 heteroatoms. The zero-order valence-electron chi connectivity index (χ0n) is 15.1. The van der Waals surface area contributed by atoms with Crippen molar-refractivity contribution >= 4 is 11.6 Å². The first-order chi connectivity index (χ1) is 12.0. The van der Waals surface area contributed by atoms with Crippen LogP contribution in [0.1, 0.15) is 18.4 Å². The van der Waals surface area contributed by atoms with Gasteiger partial charge in [-0.3, -0.25) is 9.80 Å². The first-order valence-corrected chi connectivity index (χ1v) is 9.69. The van der Waals surface area contributed by atoms with E-state index in [1.807, 2.05) is 25.1 Å². The highest BCUT2D eigenvalue weighted by molar-refractivity contribution is 6.30. The number of nitrogens with zero attached hydrogens (tertiary/aromatic N) is 2. The summed E-state index contributed by atoms with van der Waals surface area (Å²) in [6.07, 6.45) is 1.98. The summed E-state index contributed by atoms with van der Waals surface area (Å²) in [5, 5.41) is 14.7. The Morgan fingerprint density at radius 2 is 2.00 bits per heavy atom. The van der Waals surface area contributed by atoms with Gasteiger partial charge < -0.3 is 15.2 Å². The Labute approximate surface area is 155 Å². The zero-order valence-corrected chi connectivity index (χ0v) is 15.9. The molecule has 5 nitrogen and oxygen atoms in total. The second-order valence-corrected chi connectivity index (χ2v) is 7.82. The molecule has 2 N–H and O–H groups in total. The second kappa shape index (κ2) is 8.69. The average molecular weight is 368 g/mol. The van der Waals surface area contributed by atoms with Gasteiger partial charge in [-0.05, 0) is 50.1 Å². The number of ether oxygens (including phenoxy) is 1. The lowest BCUT2D eigenvalue weighted by molar-refractivity contribution is -0.0263. The summed E-state index contributed by atoms with van der Waals surface area (Å²) in [5.74, 6) is 0.912. The van der Waals surface area contributed by atoms with Crippen LogP contribution in [0, 0.1) is 6.92 Å². The molecule has 2 aliphatic rings. The second-order valence-electron chi connectivity index (χ2n) is 7.38. The van der Waals surface area contributed by atoms with Gasteiger partial charge in [0.05, 0.1) is 5.60 Å². The van der Waals surface area contributed by atoms with E-state index in [0.717, 1.165) is 81.5 Å². The molecule has 0 aliphatic carbocycles. The SMILES string of the molecule is Cc1cc(Cl)ccc1OCCN1CCN(C[C@@]2(O)CCCNC2)CC1. The van der Waals surface area contributed by atoms with Gasteiger partial charge in [0.1, 0.15) is 12.4 Å². The smallest absolute Gasteiger partial charge is 0.122 e. The third-order valence-corrected chi connectivity index (χ3v) is 5.47. The molecule has 2 saturated heterocycles. The minimum absolute atomic E-state index is 0.546. The minimum Gasteiger partial charge on any atom is -0.492 e. The molecule has 0 spiro atoms. The Morgan fingerprint density at radius 3 is 2.68 bits per heavy atom. The van der Waals surface area contributed by atoms with Crippen molar-refractivity contribution in [1.29, 1.82) is 0 Å². The zero-order chi connectivity index (χ0) is 17.7. The lowest BCUT2D eigenvalue weighted by atomic mass is 9.93. The van der Waals surface area contributed by atoms with Gasteiger partial charge in [-0.25, -0.2) is 0 Å². The fraction of sp³-hybridized carbons (Fsp3) is 0.684. The van der Waals surface area contributed by atoms with Crippen molar-refractivity contribution in [2.75, 3.05) is 59.0 Å². The molecule has 140 valence electrons. The third kappa shape index (κ3) is 5.56. The van der Waals surface area contributed by atoms with E-state index in [1.165, 1.54) is 0 Å². The maximum Gasteiger partial charge on any atom is 0.122 e. The largest absolute Gasteiger partial charge is 0.492 e. The van der Waals surface area contributed by atoms with Gasteiger partial charge >= 0.3 is 0 Å².